The Morgan fingerprint density at radius 2 is 1.54 bits per heavy atom. The van der Waals surface area contributed by atoms with Crippen LogP contribution in [-0.4, -0.2) is 71.0 Å². The van der Waals surface area contributed by atoms with Crippen LogP contribution in [0.1, 0.15) is 81.2 Å². The summed E-state index contributed by atoms with van der Waals surface area (Å²) in [5, 5.41) is 3.28. The molecular weight excluding hydrogens is 760 g/mol. The third-order valence-corrected chi connectivity index (χ3v) is 10.3. The van der Waals surface area contributed by atoms with E-state index in [1.165, 1.54) is 16.7 Å². The van der Waals surface area contributed by atoms with Crippen LogP contribution in [0.2, 0.25) is 5.02 Å². The van der Waals surface area contributed by atoms with E-state index >= 15 is 0 Å². The zero-order valence-corrected chi connectivity index (χ0v) is 32.1. The molecule has 260 valence electrons. The molecule has 0 saturated carbocycles. The van der Waals surface area contributed by atoms with Crippen LogP contribution in [0.25, 0.3) is 0 Å². The summed E-state index contributed by atoms with van der Waals surface area (Å²) in [4.78, 5) is 46.6. The number of halogens is 3. The van der Waals surface area contributed by atoms with Crippen molar-refractivity contribution in [3.05, 3.63) is 73.9 Å². The lowest BCUT2D eigenvalue weighted by Gasteiger charge is -2.38. The van der Waals surface area contributed by atoms with Gasteiger partial charge >= 0.3 is 6.09 Å². The number of fused-ring (bicyclic) bond motifs is 2. The average Bonchev–Trinajstić information content (AvgIpc) is 3.22. The maximum Gasteiger partial charge on any atom is 0.408 e. The summed E-state index contributed by atoms with van der Waals surface area (Å²) in [6, 6.07) is 6.29. The van der Waals surface area contributed by atoms with E-state index in [1.54, 1.807) is 25.7 Å². The van der Waals surface area contributed by atoms with Gasteiger partial charge in [-0.05, 0) is 122 Å². The van der Waals surface area contributed by atoms with E-state index < -0.39 is 11.7 Å². The molecule has 2 aliphatic heterocycles. The van der Waals surface area contributed by atoms with Gasteiger partial charge in [-0.15, -0.1) is 26.0 Å². The first-order valence-electron chi connectivity index (χ1n) is 16.4. The largest absolute Gasteiger partial charge is 0.444 e. The first-order chi connectivity index (χ1) is 22.9. The molecule has 1 N–H and O–H groups in total. The Labute approximate surface area is 307 Å². The van der Waals surface area contributed by atoms with Gasteiger partial charge in [0.15, 0.2) is 0 Å². The third-order valence-electron chi connectivity index (χ3n) is 8.99. The van der Waals surface area contributed by atoms with Crippen LogP contribution in [0.3, 0.4) is 0 Å². The molecule has 1 atom stereocenters. The molecule has 1 aliphatic carbocycles. The van der Waals surface area contributed by atoms with E-state index in [1.807, 2.05) is 17.2 Å². The van der Waals surface area contributed by atoms with Crippen LogP contribution in [0, 0.1) is 24.7 Å². The van der Waals surface area contributed by atoms with E-state index in [4.69, 9.17) is 21.3 Å². The third kappa shape index (κ3) is 10.6. The van der Waals surface area contributed by atoms with E-state index in [9.17, 15) is 14.4 Å². The first-order valence-corrected chi connectivity index (χ1v) is 18.3. The Morgan fingerprint density at radius 3 is 2.17 bits per heavy atom. The summed E-state index contributed by atoms with van der Waals surface area (Å²) >= 11 is 13.9. The molecule has 5 rings (SSSR count). The molecule has 2 aromatic rings. The molecule has 11 heteroatoms. The Hall–Kier alpha value is -2.87. The van der Waals surface area contributed by atoms with Crippen molar-refractivity contribution in [3.63, 3.8) is 0 Å². The van der Waals surface area contributed by atoms with Gasteiger partial charge in [0, 0.05) is 58.7 Å². The number of ether oxygens (including phenoxy) is 1. The zero-order chi connectivity index (χ0) is 35.6. The molecule has 1 unspecified atom stereocenters. The van der Waals surface area contributed by atoms with Gasteiger partial charge in [0.05, 0.1) is 5.69 Å². The number of nitrogens with one attached hydrogen (secondary N) is 1. The molecule has 0 bridgehead atoms. The standard InChI is InChI=1S/C33H41Br2ClN4O4.C2H4.C2H2/c1-33(2,3)44-32(43)38-19-28(42)40-10-6-20(7-11-40)14-27(41)39-12-8-21(9-13-39)30-29-22(16-25(36)17-26(29)35)4-5-23-15-24(34)18-37-31(23)30;2*1-2/h15-18,20-21,30H,4-14,19H2,1-3H3,(H,38,43);1-2H2;1-2H. The lowest BCUT2D eigenvalue weighted by Crippen LogP contribution is -2.46. The molecule has 8 nitrogen and oxygen atoms in total. The van der Waals surface area contributed by atoms with Crippen molar-refractivity contribution in [2.75, 3.05) is 32.7 Å². The highest BCUT2D eigenvalue weighted by Gasteiger charge is 2.37. The monoisotopic (exact) mass is 804 g/mol. The number of hydrogen-bond acceptors (Lipinski definition) is 5. The number of aromatic nitrogens is 1. The molecule has 2 fully saturated rings. The molecule has 1 aromatic carbocycles. The molecule has 2 saturated heterocycles. The summed E-state index contributed by atoms with van der Waals surface area (Å²) in [6.07, 6.45) is 15.1. The molecular formula is C37H47Br2ClN4O4. The SMILES string of the molecule is C#C.C=C.CC(C)(C)OC(=O)NCC(=O)N1CCC(CC(=O)N2CCC(C3c4ncc(Br)cc4CCc4cc(Cl)cc(Br)c43)CC2)CC1. The fourth-order valence-corrected chi connectivity index (χ4v) is 8.35. The Balaban J connectivity index is 0.00000151. The number of pyridine rings is 1. The van der Waals surface area contributed by atoms with E-state index in [-0.39, 0.29) is 30.2 Å². The Bertz CT molecular complexity index is 1460. The fourth-order valence-electron chi connectivity index (χ4n) is 6.85. The van der Waals surface area contributed by atoms with Crippen LogP contribution in [-0.2, 0) is 27.2 Å². The van der Waals surface area contributed by atoms with Crippen molar-refractivity contribution < 1.29 is 19.1 Å². The average molecular weight is 807 g/mol. The van der Waals surface area contributed by atoms with Crippen LogP contribution in [0.15, 0.2) is 46.5 Å². The van der Waals surface area contributed by atoms with Crippen LogP contribution < -0.4 is 5.32 Å². The number of terminal acetylenes is 1. The molecule has 1 aromatic heterocycles. The zero-order valence-electron chi connectivity index (χ0n) is 28.2. The van der Waals surface area contributed by atoms with Gasteiger partial charge in [0.25, 0.3) is 0 Å². The quantitative estimate of drug-likeness (QED) is 0.245. The molecule has 3 heterocycles. The van der Waals surface area contributed by atoms with Gasteiger partial charge in [0.1, 0.15) is 12.1 Å². The van der Waals surface area contributed by atoms with Crippen LogP contribution in [0.4, 0.5) is 4.79 Å². The van der Waals surface area contributed by atoms with Crippen molar-refractivity contribution in [1.82, 2.24) is 20.1 Å². The number of piperidine rings is 2. The van der Waals surface area contributed by atoms with Gasteiger partial charge < -0.3 is 19.9 Å². The van der Waals surface area contributed by atoms with Gasteiger partial charge in [-0.1, -0.05) is 27.5 Å². The van der Waals surface area contributed by atoms with Gasteiger partial charge in [-0.2, -0.15) is 0 Å². The Morgan fingerprint density at radius 1 is 0.958 bits per heavy atom. The summed E-state index contributed by atoms with van der Waals surface area (Å²) in [6.45, 7) is 13.9. The van der Waals surface area contributed by atoms with Gasteiger partial charge in [0.2, 0.25) is 11.8 Å². The molecule has 0 spiro atoms. The number of carbonyl (C=O) groups is 3. The molecule has 48 heavy (non-hydrogen) atoms. The number of rotatable bonds is 5. The molecule has 0 radical (unpaired) electrons. The summed E-state index contributed by atoms with van der Waals surface area (Å²) in [5.41, 5.74) is 4.36. The number of amides is 3. The normalized spacial score (nSPS) is 18.0. The van der Waals surface area contributed by atoms with Gasteiger partial charge in [-0.25, -0.2) is 4.79 Å². The van der Waals surface area contributed by atoms with Crippen molar-refractivity contribution >= 4 is 61.4 Å². The summed E-state index contributed by atoms with van der Waals surface area (Å²) < 4.78 is 7.24. The van der Waals surface area contributed by atoms with Crippen molar-refractivity contribution in [3.8, 4) is 12.8 Å². The van der Waals surface area contributed by atoms with Gasteiger partial charge in [-0.3, -0.25) is 14.6 Å². The predicted octanol–water partition coefficient (Wildman–Crippen LogP) is 7.93. The minimum atomic E-state index is -0.611. The maximum atomic E-state index is 13.4. The lowest BCUT2D eigenvalue weighted by molar-refractivity contribution is -0.134. The van der Waals surface area contributed by atoms with E-state index in [2.05, 4.69) is 75.3 Å². The van der Waals surface area contributed by atoms with Crippen LogP contribution >= 0.6 is 43.5 Å². The second kappa shape index (κ2) is 18.2. The fraction of sp³-hybridized carbons (Fsp3) is 0.514. The number of carbonyl (C=O) groups excluding carboxylic acids is 3. The maximum absolute atomic E-state index is 13.4. The van der Waals surface area contributed by atoms with E-state index in [0.29, 0.717) is 25.4 Å². The first kappa shape index (κ1) is 39.6. The highest BCUT2D eigenvalue weighted by Crippen LogP contribution is 2.46. The Kier molecular flexibility index (Phi) is 15.0. The summed E-state index contributed by atoms with van der Waals surface area (Å²) in [7, 11) is 0. The highest BCUT2D eigenvalue weighted by molar-refractivity contribution is 9.10. The minimum Gasteiger partial charge on any atom is -0.444 e. The van der Waals surface area contributed by atoms with Crippen molar-refractivity contribution in [2.45, 2.75) is 77.2 Å². The number of likely N-dealkylation sites (tertiary alicyclic amines) is 2. The smallest absolute Gasteiger partial charge is 0.408 e. The predicted molar refractivity (Wildman–Crippen MR) is 199 cm³/mol. The topological polar surface area (TPSA) is 91.8 Å². The van der Waals surface area contributed by atoms with Crippen molar-refractivity contribution in [1.29, 1.82) is 0 Å². The number of benzene rings is 1. The van der Waals surface area contributed by atoms with E-state index in [0.717, 1.165) is 71.3 Å². The molecule has 3 aliphatic rings. The second-order valence-electron chi connectivity index (χ2n) is 13.2. The number of alkyl carbamates (subject to hydrolysis) is 1. The number of nitrogens with zero attached hydrogens (tertiary/aromatic N) is 3. The second-order valence-corrected chi connectivity index (χ2v) is 15.4. The minimum absolute atomic E-state index is 0.0835. The number of hydrogen-bond donors (Lipinski definition) is 1. The van der Waals surface area contributed by atoms with Crippen LogP contribution in [0.5, 0.6) is 0 Å². The highest BCUT2D eigenvalue weighted by atomic mass is 79.9. The summed E-state index contributed by atoms with van der Waals surface area (Å²) in [5.74, 6) is 0.846. The van der Waals surface area contributed by atoms with Crippen molar-refractivity contribution in [2.24, 2.45) is 11.8 Å². The lowest BCUT2D eigenvalue weighted by atomic mass is 9.76. The molecule has 3 amide bonds. The number of aryl methyl sites for hydroxylation is 2.